The molecule has 4 heteroatoms. The molecular weight excluding hydrogens is 208 g/mol. The molecule has 1 amide bonds. The zero-order chi connectivity index (χ0) is 11.3. The molecule has 0 saturated carbocycles. The Morgan fingerprint density at radius 2 is 2.07 bits per heavy atom. The Kier molecular flexibility index (Phi) is 4.49. The second-order valence-electron chi connectivity index (χ2n) is 3.34. The van der Waals surface area contributed by atoms with Crippen molar-refractivity contribution in [3.8, 4) is 0 Å². The Morgan fingerprint density at radius 1 is 1.40 bits per heavy atom. The molecule has 1 aromatic carbocycles. The first-order valence-electron chi connectivity index (χ1n) is 4.72. The minimum atomic E-state index is 0.0749. The van der Waals surface area contributed by atoms with E-state index >= 15 is 0 Å². The van der Waals surface area contributed by atoms with Gasteiger partial charge in [0.15, 0.2) is 0 Å². The van der Waals surface area contributed by atoms with Gasteiger partial charge in [-0.15, -0.1) is 11.8 Å². The number of hydrogen-bond donors (Lipinski definition) is 1. The summed E-state index contributed by atoms with van der Waals surface area (Å²) in [6.45, 7) is 0.338. The number of thioether (sulfide) groups is 1. The van der Waals surface area contributed by atoms with Gasteiger partial charge in [0, 0.05) is 24.7 Å². The maximum atomic E-state index is 11.4. The minimum Gasteiger partial charge on any atom is -0.375 e. The predicted molar refractivity (Wildman–Crippen MR) is 65.4 cm³/mol. The Bertz CT molecular complexity index is 339. The fourth-order valence-electron chi connectivity index (χ4n) is 1.12. The van der Waals surface area contributed by atoms with Crippen molar-refractivity contribution in [3.63, 3.8) is 0 Å². The Hall–Kier alpha value is -1.16. The molecule has 0 saturated heterocycles. The molecule has 1 rings (SSSR count). The maximum absolute atomic E-state index is 11.4. The Labute approximate surface area is 94.9 Å². The van der Waals surface area contributed by atoms with Crippen molar-refractivity contribution in [3.05, 3.63) is 24.3 Å². The summed E-state index contributed by atoms with van der Waals surface area (Å²) < 4.78 is 0. The molecule has 0 fully saturated rings. The van der Waals surface area contributed by atoms with E-state index in [-0.39, 0.29) is 5.91 Å². The third kappa shape index (κ3) is 3.47. The molecule has 0 aliphatic heterocycles. The molecule has 3 nitrogen and oxygen atoms in total. The molecule has 0 spiro atoms. The third-order valence-electron chi connectivity index (χ3n) is 2.04. The van der Waals surface area contributed by atoms with Crippen LogP contribution in [0.25, 0.3) is 0 Å². The average Bonchev–Trinajstić information content (AvgIpc) is 2.26. The van der Waals surface area contributed by atoms with Crippen LogP contribution in [0, 0.1) is 0 Å². The van der Waals surface area contributed by atoms with Crippen LogP contribution >= 0.6 is 11.8 Å². The summed E-state index contributed by atoms with van der Waals surface area (Å²) in [4.78, 5) is 14.1. The molecule has 0 bridgehead atoms. The number of amides is 1. The lowest BCUT2D eigenvalue weighted by Crippen LogP contribution is -2.28. The number of para-hydroxylation sites is 1. The minimum absolute atomic E-state index is 0.0749. The first-order chi connectivity index (χ1) is 7.15. The predicted octanol–water partition coefficient (Wildman–Crippen LogP) is 1.91. The van der Waals surface area contributed by atoms with Gasteiger partial charge in [0.2, 0.25) is 5.91 Å². The van der Waals surface area contributed by atoms with Crippen LogP contribution in [0.4, 0.5) is 5.69 Å². The third-order valence-corrected chi connectivity index (χ3v) is 2.83. The highest BCUT2D eigenvalue weighted by molar-refractivity contribution is 7.98. The standard InChI is InChI=1S/C11H16N2OS/c1-13(2)11(14)8-12-9-6-4-5-7-10(9)15-3/h4-7,12H,8H2,1-3H3. The van der Waals surface area contributed by atoms with Crippen LogP contribution in [-0.2, 0) is 4.79 Å². The Morgan fingerprint density at radius 3 is 2.67 bits per heavy atom. The topological polar surface area (TPSA) is 32.3 Å². The van der Waals surface area contributed by atoms with Gasteiger partial charge in [-0.2, -0.15) is 0 Å². The van der Waals surface area contributed by atoms with E-state index in [4.69, 9.17) is 0 Å². The zero-order valence-electron chi connectivity index (χ0n) is 9.28. The lowest BCUT2D eigenvalue weighted by Gasteiger charge is -2.13. The molecule has 1 N–H and O–H groups in total. The number of anilines is 1. The average molecular weight is 224 g/mol. The highest BCUT2D eigenvalue weighted by Gasteiger charge is 2.05. The summed E-state index contributed by atoms with van der Waals surface area (Å²) in [6, 6.07) is 7.97. The molecular formula is C11H16N2OS. The number of hydrogen-bond acceptors (Lipinski definition) is 3. The summed E-state index contributed by atoms with van der Waals surface area (Å²) in [7, 11) is 3.51. The van der Waals surface area contributed by atoms with E-state index in [0.717, 1.165) is 10.6 Å². The van der Waals surface area contributed by atoms with Gasteiger partial charge >= 0.3 is 0 Å². The van der Waals surface area contributed by atoms with Gasteiger partial charge in [-0.05, 0) is 18.4 Å². The second-order valence-corrected chi connectivity index (χ2v) is 4.19. The van der Waals surface area contributed by atoms with E-state index in [1.54, 1.807) is 30.8 Å². The number of rotatable bonds is 4. The normalized spacial score (nSPS) is 9.80. The first kappa shape index (κ1) is 11.9. The van der Waals surface area contributed by atoms with Crippen LogP contribution in [0.3, 0.4) is 0 Å². The number of likely N-dealkylation sites (N-methyl/N-ethyl adjacent to an activating group) is 1. The van der Waals surface area contributed by atoms with Crippen molar-refractivity contribution in [2.24, 2.45) is 0 Å². The van der Waals surface area contributed by atoms with Crippen molar-refractivity contribution in [2.75, 3.05) is 32.2 Å². The van der Waals surface area contributed by atoms with Crippen LogP contribution in [0.15, 0.2) is 29.2 Å². The SMILES string of the molecule is CSc1ccccc1NCC(=O)N(C)C. The molecule has 0 radical (unpaired) electrons. The highest BCUT2D eigenvalue weighted by Crippen LogP contribution is 2.24. The fourth-order valence-corrected chi connectivity index (χ4v) is 1.69. The summed E-state index contributed by atoms with van der Waals surface area (Å²) in [5, 5.41) is 3.13. The van der Waals surface area contributed by atoms with Gasteiger partial charge in [0.1, 0.15) is 0 Å². The molecule has 0 aliphatic carbocycles. The molecule has 82 valence electrons. The van der Waals surface area contributed by atoms with E-state index in [0.29, 0.717) is 6.54 Å². The molecule has 15 heavy (non-hydrogen) atoms. The molecule has 0 heterocycles. The van der Waals surface area contributed by atoms with Gasteiger partial charge in [-0.25, -0.2) is 0 Å². The molecule has 0 unspecified atom stereocenters. The van der Waals surface area contributed by atoms with Crippen molar-refractivity contribution < 1.29 is 4.79 Å². The largest absolute Gasteiger partial charge is 0.375 e. The quantitative estimate of drug-likeness (QED) is 0.793. The lowest BCUT2D eigenvalue weighted by molar-refractivity contribution is -0.126. The fraction of sp³-hybridized carbons (Fsp3) is 0.364. The summed E-state index contributed by atoms with van der Waals surface area (Å²) in [5.74, 6) is 0.0749. The lowest BCUT2D eigenvalue weighted by atomic mass is 10.3. The zero-order valence-corrected chi connectivity index (χ0v) is 10.1. The second kappa shape index (κ2) is 5.66. The van der Waals surface area contributed by atoms with E-state index in [2.05, 4.69) is 5.32 Å². The van der Waals surface area contributed by atoms with E-state index in [1.807, 2.05) is 30.5 Å². The Balaban J connectivity index is 2.61. The maximum Gasteiger partial charge on any atom is 0.241 e. The van der Waals surface area contributed by atoms with Crippen molar-refractivity contribution in [1.29, 1.82) is 0 Å². The smallest absolute Gasteiger partial charge is 0.241 e. The van der Waals surface area contributed by atoms with Crippen LogP contribution in [0.5, 0.6) is 0 Å². The molecule has 1 aromatic rings. The van der Waals surface area contributed by atoms with Gasteiger partial charge < -0.3 is 10.2 Å². The summed E-state index contributed by atoms with van der Waals surface area (Å²) in [6.07, 6.45) is 2.02. The molecule has 0 aliphatic rings. The van der Waals surface area contributed by atoms with Gasteiger partial charge in [0.25, 0.3) is 0 Å². The van der Waals surface area contributed by atoms with Crippen molar-refractivity contribution in [1.82, 2.24) is 4.90 Å². The monoisotopic (exact) mass is 224 g/mol. The van der Waals surface area contributed by atoms with E-state index < -0.39 is 0 Å². The van der Waals surface area contributed by atoms with Crippen LogP contribution in [0.1, 0.15) is 0 Å². The van der Waals surface area contributed by atoms with Gasteiger partial charge in [-0.3, -0.25) is 4.79 Å². The first-order valence-corrected chi connectivity index (χ1v) is 5.94. The van der Waals surface area contributed by atoms with E-state index in [9.17, 15) is 4.79 Å². The van der Waals surface area contributed by atoms with E-state index in [1.165, 1.54) is 0 Å². The summed E-state index contributed by atoms with van der Waals surface area (Å²) >= 11 is 1.67. The van der Waals surface area contributed by atoms with Gasteiger partial charge in [-0.1, -0.05) is 12.1 Å². The van der Waals surface area contributed by atoms with Crippen LogP contribution in [-0.4, -0.2) is 37.7 Å². The van der Waals surface area contributed by atoms with Crippen molar-refractivity contribution >= 4 is 23.4 Å². The summed E-state index contributed by atoms with van der Waals surface area (Å²) in [5.41, 5.74) is 1.01. The number of nitrogens with one attached hydrogen (secondary N) is 1. The molecule has 0 aromatic heterocycles. The number of carbonyl (C=O) groups is 1. The van der Waals surface area contributed by atoms with Crippen molar-refractivity contribution in [2.45, 2.75) is 4.90 Å². The highest BCUT2D eigenvalue weighted by atomic mass is 32.2. The number of benzene rings is 1. The number of nitrogens with zero attached hydrogens (tertiary/aromatic N) is 1. The van der Waals surface area contributed by atoms with Crippen LogP contribution < -0.4 is 5.32 Å². The molecule has 0 atom stereocenters. The van der Waals surface area contributed by atoms with Crippen LogP contribution in [0.2, 0.25) is 0 Å². The van der Waals surface area contributed by atoms with Gasteiger partial charge in [0.05, 0.1) is 6.54 Å². The number of carbonyl (C=O) groups excluding carboxylic acids is 1.